The monoisotopic (exact) mass is 280 g/mol. The standard InChI is InChI=1S/4ClH.In.H2O.3H/h4*1H;;1H2;;;. The molecule has 0 atom stereocenters. The second kappa shape index (κ2) is 63.3. The molecule has 1 nitrogen and oxygen atoms in total. The van der Waals surface area contributed by atoms with Crippen molar-refractivity contribution in [2.45, 2.75) is 0 Å². The third-order valence-corrected chi connectivity index (χ3v) is 0. The second-order valence-corrected chi connectivity index (χ2v) is 0. The minimum atomic E-state index is 0. The van der Waals surface area contributed by atoms with E-state index in [9.17, 15) is 0 Å². The molecule has 0 aromatic carbocycles. The summed E-state index contributed by atoms with van der Waals surface area (Å²) in [5.41, 5.74) is 0. The summed E-state index contributed by atoms with van der Waals surface area (Å²) in [5, 5.41) is 0. The van der Waals surface area contributed by atoms with Crippen LogP contribution in [-0.4, -0.2) is 31.3 Å². The van der Waals surface area contributed by atoms with E-state index in [1.54, 1.807) is 0 Å². The molecule has 0 aromatic heterocycles. The maximum absolute atomic E-state index is 0. The maximum atomic E-state index is 0. The predicted octanol–water partition coefficient (Wildman–Crippen LogP) is -0.321. The van der Waals surface area contributed by atoms with Crippen molar-refractivity contribution < 1.29 is 5.48 Å². The zero-order valence-electron chi connectivity index (χ0n) is 2.13. The molecule has 6 heavy (non-hydrogen) atoms. The molecule has 0 saturated carbocycles. The Morgan fingerprint density at radius 3 is 0.500 bits per heavy atom. The summed E-state index contributed by atoms with van der Waals surface area (Å²) < 4.78 is 0. The zero-order chi connectivity index (χ0) is 0. The van der Waals surface area contributed by atoms with Crippen molar-refractivity contribution in [3.8, 4) is 0 Å². The Balaban J connectivity index is 0. The van der Waals surface area contributed by atoms with Gasteiger partial charge in [-0.2, -0.15) is 0 Å². The molecule has 0 aliphatic rings. The second-order valence-electron chi connectivity index (χ2n) is 0. The van der Waals surface area contributed by atoms with Crippen molar-refractivity contribution in [3.63, 3.8) is 0 Å². The molecule has 0 fully saturated rings. The van der Waals surface area contributed by atoms with Crippen LogP contribution in [-0.2, 0) is 0 Å². The van der Waals surface area contributed by atoms with Crippen molar-refractivity contribution in [3.05, 3.63) is 0 Å². The molecule has 0 rings (SSSR count). The fourth-order valence-electron chi connectivity index (χ4n) is 0. The van der Waals surface area contributed by atoms with Gasteiger partial charge in [0, 0.05) is 0 Å². The van der Waals surface area contributed by atoms with Gasteiger partial charge < -0.3 is 5.48 Å². The molecule has 0 spiro atoms. The Hall–Kier alpha value is 1.99. The molecular formula is H9Cl4InO. The number of rotatable bonds is 0. The first-order valence-corrected chi connectivity index (χ1v) is 0. The summed E-state index contributed by atoms with van der Waals surface area (Å²) in [6.45, 7) is 0. The summed E-state index contributed by atoms with van der Waals surface area (Å²) in [5.74, 6) is 0. The van der Waals surface area contributed by atoms with E-state index >= 15 is 0 Å². The normalized spacial score (nSPS) is 0. The van der Waals surface area contributed by atoms with Crippen LogP contribution >= 0.6 is 49.6 Å². The van der Waals surface area contributed by atoms with Crippen LogP contribution in [0.25, 0.3) is 0 Å². The summed E-state index contributed by atoms with van der Waals surface area (Å²) in [6, 6.07) is 0. The van der Waals surface area contributed by atoms with Gasteiger partial charge in [-0.05, 0) is 0 Å². The summed E-state index contributed by atoms with van der Waals surface area (Å²) >= 11 is 0. The number of hydrogen-bond acceptors (Lipinski definition) is 0. The first kappa shape index (κ1) is 98.6. The third kappa shape index (κ3) is 37.7. The molecule has 0 heterocycles. The van der Waals surface area contributed by atoms with Crippen molar-refractivity contribution in [1.82, 2.24) is 0 Å². The zero-order valence-corrected chi connectivity index (χ0v) is 5.40. The van der Waals surface area contributed by atoms with E-state index in [1.807, 2.05) is 0 Å². The van der Waals surface area contributed by atoms with Crippen LogP contribution in [0.3, 0.4) is 0 Å². The first-order valence-electron chi connectivity index (χ1n) is 0. The molecule has 0 aromatic rings. The Labute approximate surface area is 80.4 Å². The van der Waals surface area contributed by atoms with E-state index in [-0.39, 0.29) is 80.9 Å². The van der Waals surface area contributed by atoms with E-state index in [2.05, 4.69) is 0 Å². The topological polar surface area (TPSA) is 31.5 Å². The molecule has 0 unspecified atom stereocenters. The molecule has 0 aliphatic heterocycles. The summed E-state index contributed by atoms with van der Waals surface area (Å²) in [4.78, 5) is 0. The Bertz CT molecular complexity index is 7.51. The fourth-order valence-corrected chi connectivity index (χ4v) is 0. The van der Waals surface area contributed by atoms with Crippen molar-refractivity contribution in [2.24, 2.45) is 0 Å². The van der Waals surface area contributed by atoms with Crippen molar-refractivity contribution in [2.75, 3.05) is 0 Å². The van der Waals surface area contributed by atoms with Gasteiger partial charge in [-0.3, -0.25) is 0 Å². The van der Waals surface area contributed by atoms with Crippen LogP contribution in [0.4, 0.5) is 0 Å². The van der Waals surface area contributed by atoms with Gasteiger partial charge in [-0.15, -0.1) is 49.6 Å². The summed E-state index contributed by atoms with van der Waals surface area (Å²) in [6.07, 6.45) is 0. The van der Waals surface area contributed by atoms with Gasteiger partial charge >= 0.3 is 25.8 Å². The SMILES string of the molecule is Cl.Cl.Cl.Cl.O.[InH3]. The van der Waals surface area contributed by atoms with Crippen molar-refractivity contribution >= 4 is 75.5 Å². The Morgan fingerprint density at radius 2 is 0.500 bits per heavy atom. The van der Waals surface area contributed by atoms with E-state index in [0.29, 0.717) is 0 Å². The van der Waals surface area contributed by atoms with Gasteiger partial charge in [0.05, 0.1) is 0 Å². The fraction of sp³-hybridized carbons (Fsp3) is 0. The van der Waals surface area contributed by atoms with Crippen molar-refractivity contribution in [1.29, 1.82) is 0 Å². The van der Waals surface area contributed by atoms with Crippen LogP contribution in [0.2, 0.25) is 0 Å². The van der Waals surface area contributed by atoms with Crippen LogP contribution in [0.1, 0.15) is 0 Å². The minimum absolute atomic E-state index is 0. The van der Waals surface area contributed by atoms with Gasteiger partial charge in [0.1, 0.15) is 0 Å². The van der Waals surface area contributed by atoms with E-state index in [1.165, 1.54) is 0 Å². The Kier molecular flexibility index (Phi) is 1040. The molecule has 0 saturated heterocycles. The van der Waals surface area contributed by atoms with Crippen LogP contribution in [0, 0.1) is 0 Å². The van der Waals surface area contributed by atoms with Gasteiger partial charge in [0.15, 0.2) is 0 Å². The van der Waals surface area contributed by atoms with Gasteiger partial charge in [0.25, 0.3) is 0 Å². The van der Waals surface area contributed by atoms with Crippen LogP contribution in [0.15, 0.2) is 0 Å². The summed E-state index contributed by atoms with van der Waals surface area (Å²) in [7, 11) is 0. The first-order chi connectivity index (χ1) is 0. The molecule has 0 radical (unpaired) electrons. The molecule has 6 heteroatoms. The number of hydrogen-bond donors (Lipinski definition) is 0. The molecule has 2 N–H and O–H groups in total. The quantitative estimate of drug-likeness (QED) is 0.583. The number of halogens is 4. The molecule has 0 bridgehead atoms. The molecule has 0 amide bonds. The predicted molar refractivity (Wildman–Crippen MR) is 42.5 cm³/mol. The molecule has 46 valence electrons. The average Bonchev–Trinajstić information content (AvgIpc) is 0. The van der Waals surface area contributed by atoms with Gasteiger partial charge in [-0.1, -0.05) is 0 Å². The van der Waals surface area contributed by atoms with Crippen LogP contribution < -0.4 is 0 Å². The van der Waals surface area contributed by atoms with Crippen LogP contribution in [0.5, 0.6) is 0 Å². The van der Waals surface area contributed by atoms with E-state index in [4.69, 9.17) is 0 Å². The van der Waals surface area contributed by atoms with Gasteiger partial charge in [-0.25, -0.2) is 0 Å². The van der Waals surface area contributed by atoms with E-state index in [0.717, 1.165) is 0 Å². The molecule has 0 aliphatic carbocycles. The van der Waals surface area contributed by atoms with E-state index < -0.39 is 0 Å². The Morgan fingerprint density at radius 1 is 0.500 bits per heavy atom. The third-order valence-electron chi connectivity index (χ3n) is 0. The average molecular weight is 282 g/mol. The van der Waals surface area contributed by atoms with Gasteiger partial charge in [0.2, 0.25) is 0 Å². The molecular weight excluding hydrogens is 273 g/mol.